The smallest absolute Gasteiger partial charge is 0.282 e. The van der Waals surface area contributed by atoms with Crippen molar-refractivity contribution < 1.29 is 8.42 Å². The quantitative estimate of drug-likeness (QED) is 0.756. The van der Waals surface area contributed by atoms with Crippen LogP contribution in [-0.2, 0) is 10.2 Å². The van der Waals surface area contributed by atoms with Crippen molar-refractivity contribution in [2.75, 3.05) is 33.7 Å². The minimum Gasteiger partial charge on any atom is -0.319 e. The van der Waals surface area contributed by atoms with Crippen molar-refractivity contribution in [3.8, 4) is 0 Å². The van der Waals surface area contributed by atoms with Crippen molar-refractivity contribution in [2.24, 2.45) is 5.92 Å². The molecule has 6 heteroatoms. The average Bonchev–Trinajstić information content (AvgIpc) is 2.09. The van der Waals surface area contributed by atoms with Gasteiger partial charge in [0.2, 0.25) is 0 Å². The Morgan fingerprint density at radius 2 is 1.88 bits per heavy atom. The monoisotopic (exact) mass is 249 g/mol. The van der Waals surface area contributed by atoms with E-state index in [0.29, 0.717) is 19.0 Å². The minimum atomic E-state index is -3.27. The molecule has 1 unspecified atom stereocenters. The number of nitrogens with one attached hydrogen (secondary N) is 1. The molecular formula is C10H23N3O2S. The highest BCUT2D eigenvalue weighted by Crippen LogP contribution is 2.26. The van der Waals surface area contributed by atoms with Gasteiger partial charge in [0.15, 0.2) is 0 Å². The van der Waals surface area contributed by atoms with Gasteiger partial charge in [-0.05, 0) is 33.7 Å². The van der Waals surface area contributed by atoms with Crippen molar-refractivity contribution in [3.63, 3.8) is 0 Å². The summed E-state index contributed by atoms with van der Waals surface area (Å²) in [6, 6.07) is 0. The first kappa shape index (κ1) is 13.9. The zero-order valence-corrected chi connectivity index (χ0v) is 11.6. The van der Waals surface area contributed by atoms with Crippen LogP contribution < -0.4 is 5.32 Å². The third-order valence-electron chi connectivity index (χ3n) is 2.85. The molecule has 1 fully saturated rings. The molecule has 0 aromatic rings. The molecule has 1 saturated heterocycles. The molecule has 0 spiro atoms. The highest BCUT2D eigenvalue weighted by molar-refractivity contribution is 7.86. The van der Waals surface area contributed by atoms with Crippen molar-refractivity contribution in [1.29, 1.82) is 0 Å². The maximum atomic E-state index is 12.1. The number of hydrogen-bond donors (Lipinski definition) is 1. The van der Waals surface area contributed by atoms with Crippen LogP contribution in [0.4, 0.5) is 0 Å². The molecule has 1 N–H and O–H groups in total. The lowest BCUT2D eigenvalue weighted by atomic mass is 10.1. The van der Waals surface area contributed by atoms with Gasteiger partial charge in [-0.25, -0.2) is 0 Å². The highest BCUT2D eigenvalue weighted by Gasteiger charge is 2.41. The second-order valence-electron chi connectivity index (χ2n) is 5.41. The average molecular weight is 249 g/mol. The fourth-order valence-electron chi connectivity index (χ4n) is 2.05. The van der Waals surface area contributed by atoms with E-state index in [2.05, 4.69) is 5.32 Å². The Balaban J connectivity index is 2.94. The molecule has 0 aromatic heterocycles. The van der Waals surface area contributed by atoms with Crippen LogP contribution in [0.1, 0.15) is 20.8 Å². The maximum absolute atomic E-state index is 12.1. The van der Waals surface area contributed by atoms with E-state index in [4.69, 9.17) is 0 Å². The summed E-state index contributed by atoms with van der Waals surface area (Å²) in [7, 11) is 0.270. The summed E-state index contributed by atoms with van der Waals surface area (Å²) in [4.78, 5) is 0. The lowest BCUT2D eigenvalue weighted by Crippen LogP contribution is -2.59. The lowest BCUT2D eigenvalue weighted by molar-refractivity contribution is 0.163. The summed E-state index contributed by atoms with van der Waals surface area (Å²) in [5.74, 6) is 0.345. The van der Waals surface area contributed by atoms with Gasteiger partial charge < -0.3 is 5.32 Å². The Labute approximate surface area is 99.0 Å². The van der Waals surface area contributed by atoms with Crippen LogP contribution in [0.3, 0.4) is 0 Å². The fourth-order valence-corrected chi connectivity index (χ4v) is 3.88. The molecule has 1 rings (SSSR count). The van der Waals surface area contributed by atoms with E-state index >= 15 is 0 Å². The highest BCUT2D eigenvalue weighted by atomic mass is 32.2. The number of hydrogen-bond acceptors (Lipinski definition) is 3. The Kier molecular flexibility index (Phi) is 3.99. The lowest BCUT2D eigenvalue weighted by Gasteiger charge is -2.43. The predicted molar refractivity (Wildman–Crippen MR) is 65.4 cm³/mol. The van der Waals surface area contributed by atoms with Crippen LogP contribution in [-0.4, -0.2) is 56.3 Å². The third-order valence-corrected chi connectivity index (χ3v) is 5.04. The van der Waals surface area contributed by atoms with E-state index in [1.54, 1.807) is 11.4 Å². The zero-order chi connectivity index (χ0) is 12.6. The second-order valence-corrected chi connectivity index (χ2v) is 7.37. The first-order valence-corrected chi connectivity index (χ1v) is 6.98. The molecule has 1 heterocycles. The number of nitrogens with zero attached hydrogens (tertiary/aromatic N) is 2. The largest absolute Gasteiger partial charge is 0.319 e. The topological polar surface area (TPSA) is 52.7 Å². The van der Waals surface area contributed by atoms with Gasteiger partial charge in [-0.2, -0.15) is 17.0 Å². The predicted octanol–water partition coefficient (Wildman–Crippen LogP) is 0.113. The molecule has 0 aromatic carbocycles. The van der Waals surface area contributed by atoms with Crippen LogP contribution >= 0.6 is 0 Å². The van der Waals surface area contributed by atoms with Crippen LogP contribution in [0.15, 0.2) is 0 Å². The van der Waals surface area contributed by atoms with Gasteiger partial charge >= 0.3 is 0 Å². The molecule has 16 heavy (non-hydrogen) atoms. The first-order valence-electron chi connectivity index (χ1n) is 5.58. The van der Waals surface area contributed by atoms with Gasteiger partial charge in [0.1, 0.15) is 0 Å². The molecule has 0 saturated carbocycles. The number of rotatable bonds is 2. The van der Waals surface area contributed by atoms with Gasteiger partial charge in [-0.3, -0.25) is 0 Å². The summed E-state index contributed by atoms with van der Waals surface area (Å²) < 4.78 is 27.3. The summed E-state index contributed by atoms with van der Waals surface area (Å²) in [6.07, 6.45) is 0. The van der Waals surface area contributed by atoms with E-state index in [1.165, 1.54) is 4.31 Å². The molecule has 0 amide bonds. The van der Waals surface area contributed by atoms with Gasteiger partial charge in [0.25, 0.3) is 10.2 Å². The third kappa shape index (κ3) is 2.74. The fraction of sp³-hybridized carbons (Fsp3) is 1.00. The van der Waals surface area contributed by atoms with Crippen LogP contribution in [0.2, 0.25) is 0 Å². The minimum absolute atomic E-state index is 0.345. The molecule has 0 aliphatic carbocycles. The van der Waals surface area contributed by atoms with Crippen molar-refractivity contribution in [3.05, 3.63) is 0 Å². The van der Waals surface area contributed by atoms with Crippen LogP contribution in [0.25, 0.3) is 0 Å². The molecule has 0 radical (unpaired) electrons. The molecule has 1 aliphatic rings. The zero-order valence-electron chi connectivity index (χ0n) is 10.8. The first-order chi connectivity index (χ1) is 7.19. The van der Waals surface area contributed by atoms with Gasteiger partial charge in [0, 0.05) is 32.2 Å². The van der Waals surface area contributed by atoms with Crippen molar-refractivity contribution >= 4 is 10.2 Å². The Morgan fingerprint density at radius 3 is 2.31 bits per heavy atom. The maximum Gasteiger partial charge on any atom is 0.282 e. The standard InChI is InChI=1S/C10H23N3O2S/c1-10(2,3)13-8-9(6-11-4)7-12(5)16(13,14)15/h9,11H,6-8H2,1-5H3. The normalized spacial score (nSPS) is 28.2. The van der Waals surface area contributed by atoms with E-state index in [1.807, 2.05) is 27.8 Å². The molecule has 5 nitrogen and oxygen atoms in total. The van der Waals surface area contributed by atoms with Gasteiger partial charge in [0.05, 0.1) is 0 Å². The summed E-state index contributed by atoms with van der Waals surface area (Å²) >= 11 is 0. The van der Waals surface area contributed by atoms with Crippen LogP contribution in [0.5, 0.6) is 0 Å². The SMILES string of the molecule is CNCC1CN(C)S(=O)(=O)N(C(C)(C)C)C1. The molecule has 1 aliphatic heterocycles. The van der Waals surface area contributed by atoms with Crippen molar-refractivity contribution in [2.45, 2.75) is 26.3 Å². The van der Waals surface area contributed by atoms with Crippen molar-refractivity contribution in [1.82, 2.24) is 13.9 Å². The van der Waals surface area contributed by atoms with Crippen LogP contribution in [0, 0.1) is 5.92 Å². The Hall–Kier alpha value is -0.170. The Morgan fingerprint density at radius 1 is 1.31 bits per heavy atom. The van der Waals surface area contributed by atoms with E-state index in [-0.39, 0.29) is 5.54 Å². The molecule has 0 bridgehead atoms. The molecule has 1 atom stereocenters. The summed E-state index contributed by atoms with van der Waals surface area (Å²) in [5.41, 5.74) is -0.362. The second kappa shape index (κ2) is 4.60. The van der Waals surface area contributed by atoms with Gasteiger partial charge in [-0.1, -0.05) is 0 Å². The summed E-state index contributed by atoms with van der Waals surface area (Å²) in [6.45, 7) is 7.82. The summed E-state index contributed by atoms with van der Waals surface area (Å²) in [5, 5.41) is 3.11. The van der Waals surface area contributed by atoms with Gasteiger partial charge in [-0.15, -0.1) is 0 Å². The van der Waals surface area contributed by atoms with E-state index < -0.39 is 10.2 Å². The molecule has 96 valence electrons. The van der Waals surface area contributed by atoms with E-state index in [9.17, 15) is 8.42 Å². The molecular weight excluding hydrogens is 226 g/mol. The van der Waals surface area contributed by atoms with E-state index in [0.717, 1.165) is 6.54 Å². The Bertz CT molecular complexity index is 334.